The Bertz CT molecular complexity index is 833. The van der Waals surface area contributed by atoms with Crippen LogP contribution in [0.1, 0.15) is 19.4 Å². The molecular weight excluding hydrogens is 314 g/mol. The highest BCUT2D eigenvalue weighted by Gasteiger charge is 2.44. The molecule has 2 atom stereocenters. The molecule has 25 heavy (non-hydrogen) atoms. The molecule has 0 saturated carbocycles. The number of benzene rings is 2. The maximum Gasteiger partial charge on any atom is 0.234 e. The third-order valence-corrected chi connectivity index (χ3v) is 5.15. The lowest BCUT2D eigenvalue weighted by atomic mass is 9.77. The summed E-state index contributed by atoms with van der Waals surface area (Å²) >= 11 is 0. The van der Waals surface area contributed by atoms with Crippen molar-refractivity contribution in [2.75, 3.05) is 14.2 Å². The van der Waals surface area contributed by atoms with E-state index in [1.54, 1.807) is 14.2 Å². The Morgan fingerprint density at radius 3 is 2.48 bits per heavy atom. The van der Waals surface area contributed by atoms with Crippen molar-refractivity contribution in [2.45, 2.75) is 19.4 Å². The number of ether oxygens (including phenoxy) is 1. The zero-order valence-electron chi connectivity index (χ0n) is 15.0. The Kier molecular flexibility index (Phi) is 4.25. The molecule has 1 aliphatic rings. The molecule has 0 bridgehead atoms. The predicted molar refractivity (Wildman–Crippen MR) is 98.6 cm³/mol. The number of amides is 1. The van der Waals surface area contributed by atoms with E-state index in [0.29, 0.717) is 0 Å². The standard InChI is InChI=1S/C20H23N3O2/c1-13-18(24)23(3)19(21)22-20(13,2)16-9-5-7-14(11-16)15-8-6-10-17(12-15)25-4/h5-13H,1-4H3,(H2,21,22)/t13-,20-/m0/s1. The zero-order valence-corrected chi connectivity index (χ0v) is 15.0. The number of nitrogens with zero attached hydrogens (tertiary/aromatic N) is 1. The van der Waals surface area contributed by atoms with Gasteiger partial charge < -0.3 is 10.1 Å². The molecule has 1 aliphatic heterocycles. The molecular formula is C20H23N3O2. The number of methoxy groups -OCH3 is 1. The molecule has 1 amide bonds. The molecule has 0 aliphatic carbocycles. The van der Waals surface area contributed by atoms with Crippen LogP contribution in [0.3, 0.4) is 0 Å². The second-order valence-corrected chi connectivity index (χ2v) is 6.61. The monoisotopic (exact) mass is 337 g/mol. The third kappa shape index (κ3) is 2.86. The number of rotatable bonds is 3. The molecule has 1 saturated heterocycles. The van der Waals surface area contributed by atoms with E-state index in [1.165, 1.54) is 4.90 Å². The largest absolute Gasteiger partial charge is 0.497 e. The zero-order chi connectivity index (χ0) is 18.2. The van der Waals surface area contributed by atoms with Crippen LogP contribution < -0.4 is 10.1 Å². The smallest absolute Gasteiger partial charge is 0.234 e. The minimum absolute atomic E-state index is 0.0574. The Labute approximate surface area is 148 Å². The van der Waals surface area contributed by atoms with Gasteiger partial charge in [-0.1, -0.05) is 37.3 Å². The molecule has 1 fully saturated rings. The normalized spacial score (nSPS) is 23.4. The van der Waals surface area contributed by atoms with E-state index in [-0.39, 0.29) is 17.8 Å². The average Bonchev–Trinajstić information content (AvgIpc) is 2.65. The molecule has 0 unspecified atom stereocenters. The number of carbonyl (C=O) groups excluding carboxylic acids is 1. The van der Waals surface area contributed by atoms with Gasteiger partial charge in [-0.15, -0.1) is 0 Å². The molecule has 1 heterocycles. The van der Waals surface area contributed by atoms with Gasteiger partial charge in [0, 0.05) is 7.05 Å². The first kappa shape index (κ1) is 17.0. The molecule has 5 heteroatoms. The summed E-state index contributed by atoms with van der Waals surface area (Å²) < 4.78 is 5.31. The lowest BCUT2D eigenvalue weighted by Crippen LogP contribution is -2.62. The van der Waals surface area contributed by atoms with Crippen LogP contribution in [0, 0.1) is 11.3 Å². The molecule has 3 rings (SSSR count). The van der Waals surface area contributed by atoms with Gasteiger partial charge in [-0.2, -0.15) is 0 Å². The highest BCUT2D eigenvalue weighted by atomic mass is 16.5. The van der Waals surface area contributed by atoms with Crippen LogP contribution in [-0.4, -0.2) is 30.9 Å². The number of guanidine groups is 1. The molecule has 2 aromatic carbocycles. The van der Waals surface area contributed by atoms with Crippen molar-refractivity contribution in [1.29, 1.82) is 5.41 Å². The predicted octanol–water partition coefficient (Wildman–Crippen LogP) is 3.21. The van der Waals surface area contributed by atoms with Crippen molar-refractivity contribution < 1.29 is 9.53 Å². The first-order valence-electron chi connectivity index (χ1n) is 8.26. The van der Waals surface area contributed by atoms with Gasteiger partial charge in [-0.3, -0.25) is 15.1 Å². The Morgan fingerprint density at radius 2 is 1.80 bits per heavy atom. The van der Waals surface area contributed by atoms with Gasteiger partial charge in [0.05, 0.1) is 18.6 Å². The topological polar surface area (TPSA) is 65.4 Å². The summed E-state index contributed by atoms with van der Waals surface area (Å²) in [6, 6.07) is 16.0. The van der Waals surface area contributed by atoms with Crippen molar-refractivity contribution in [2.24, 2.45) is 5.92 Å². The number of hydrogen-bond acceptors (Lipinski definition) is 3. The van der Waals surface area contributed by atoms with E-state index < -0.39 is 5.54 Å². The van der Waals surface area contributed by atoms with E-state index in [1.807, 2.05) is 56.3 Å². The molecule has 0 spiro atoms. The molecule has 0 aromatic heterocycles. The van der Waals surface area contributed by atoms with Crippen LogP contribution in [0.25, 0.3) is 11.1 Å². The van der Waals surface area contributed by atoms with Crippen LogP contribution >= 0.6 is 0 Å². The Balaban J connectivity index is 2.03. The first-order chi connectivity index (χ1) is 11.9. The maximum atomic E-state index is 12.5. The van der Waals surface area contributed by atoms with Crippen LogP contribution in [0.15, 0.2) is 48.5 Å². The van der Waals surface area contributed by atoms with Gasteiger partial charge >= 0.3 is 0 Å². The van der Waals surface area contributed by atoms with Crippen molar-refractivity contribution in [3.05, 3.63) is 54.1 Å². The van der Waals surface area contributed by atoms with Gasteiger partial charge in [0.2, 0.25) is 5.91 Å². The summed E-state index contributed by atoms with van der Waals surface area (Å²) in [5, 5.41) is 11.3. The first-order valence-corrected chi connectivity index (χ1v) is 8.26. The fraction of sp³-hybridized carbons (Fsp3) is 0.300. The highest BCUT2D eigenvalue weighted by Crippen LogP contribution is 2.35. The van der Waals surface area contributed by atoms with Crippen LogP contribution in [0.5, 0.6) is 5.75 Å². The van der Waals surface area contributed by atoms with E-state index in [4.69, 9.17) is 10.1 Å². The second-order valence-electron chi connectivity index (χ2n) is 6.61. The van der Waals surface area contributed by atoms with Crippen molar-refractivity contribution in [3.8, 4) is 16.9 Å². The van der Waals surface area contributed by atoms with Gasteiger partial charge in [-0.25, -0.2) is 0 Å². The van der Waals surface area contributed by atoms with Crippen molar-refractivity contribution in [1.82, 2.24) is 10.2 Å². The summed E-state index contributed by atoms with van der Waals surface area (Å²) in [5.74, 6) is 0.583. The van der Waals surface area contributed by atoms with Gasteiger partial charge in [-0.05, 0) is 41.8 Å². The fourth-order valence-electron chi connectivity index (χ4n) is 3.23. The lowest BCUT2D eigenvalue weighted by molar-refractivity contribution is -0.134. The molecule has 5 nitrogen and oxygen atoms in total. The van der Waals surface area contributed by atoms with Crippen LogP contribution in [0.2, 0.25) is 0 Å². The molecule has 2 aromatic rings. The van der Waals surface area contributed by atoms with Crippen LogP contribution in [-0.2, 0) is 10.3 Å². The number of carbonyl (C=O) groups is 1. The summed E-state index contributed by atoms with van der Waals surface area (Å²) in [4.78, 5) is 13.9. The third-order valence-electron chi connectivity index (χ3n) is 5.15. The van der Waals surface area contributed by atoms with E-state index >= 15 is 0 Å². The summed E-state index contributed by atoms with van der Waals surface area (Å²) in [6.07, 6.45) is 0. The summed E-state index contributed by atoms with van der Waals surface area (Å²) in [5.41, 5.74) is 2.44. The Hall–Kier alpha value is -2.82. The fourth-order valence-corrected chi connectivity index (χ4v) is 3.23. The van der Waals surface area contributed by atoms with E-state index in [2.05, 4.69) is 11.4 Å². The minimum Gasteiger partial charge on any atom is -0.497 e. The molecule has 130 valence electrons. The SMILES string of the molecule is COc1cccc(-c2cccc([C@@]3(C)NC(=N)N(C)C(=O)[C@@H]3C)c2)c1. The lowest BCUT2D eigenvalue weighted by Gasteiger charge is -2.44. The number of hydrogen-bond donors (Lipinski definition) is 2. The highest BCUT2D eigenvalue weighted by molar-refractivity contribution is 6.00. The molecule has 2 N–H and O–H groups in total. The Morgan fingerprint density at radius 1 is 1.16 bits per heavy atom. The number of nitrogens with one attached hydrogen (secondary N) is 2. The second kappa shape index (κ2) is 6.24. The summed E-state index contributed by atoms with van der Waals surface area (Å²) in [6.45, 7) is 3.87. The van der Waals surface area contributed by atoms with Crippen molar-refractivity contribution in [3.63, 3.8) is 0 Å². The molecule has 0 radical (unpaired) electrons. The van der Waals surface area contributed by atoms with E-state index in [0.717, 1.165) is 22.4 Å². The minimum atomic E-state index is -0.629. The average molecular weight is 337 g/mol. The van der Waals surface area contributed by atoms with Crippen molar-refractivity contribution >= 4 is 11.9 Å². The maximum absolute atomic E-state index is 12.5. The van der Waals surface area contributed by atoms with E-state index in [9.17, 15) is 4.79 Å². The van der Waals surface area contributed by atoms with Gasteiger partial charge in [0.15, 0.2) is 5.96 Å². The van der Waals surface area contributed by atoms with Crippen LogP contribution in [0.4, 0.5) is 0 Å². The van der Waals surface area contributed by atoms with Gasteiger partial charge in [0.1, 0.15) is 5.75 Å². The summed E-state index contributed by atoms with van der Waals surface area (Å²) in [7, 11) is 3.28. The quantitative estimate of drug-likeness (QED) is 0.904. The van der Waals surface area contributed by atoms with Gasteiger partial charge in [0.25, 0.3) is 0 Å².